The lowest BCUT2D eigenvalue weighted by atomic mass is 10.0. The van der Waals surface area contributed by atoms with E-state index in [0.29, 0.717) is 0 Å². The second-order valence-electron chi connectivity index (χ2n) is 3.62. The summed E-state index contributed by atoms with van der Waals surface area (Å²) in [6.07, 6.45) is 0. The first kappa shape index (κ1) is 10.8. The van der Waals surface area contributed by atoms with Crippen molar-refractivity contribution in [3.8, 4) is 11.1 Å². The third-order valence-electron chi connectivity index (χ3n) is 2.55. The van der Waals surface area contributed by atoms with Crippen molar-refractivity contribution >= 4 is 29.6 Å². The summed E-state index contributed by atoms with van der Waals surface area (Å²) in [6.45, 7) is 0. The summed E-state index contributed by atoms with van der Waals surface area (Å²) in [7, 11) is 0. The molecular formula is C14H11NS2. The van der Waals surface area contributed by atoms with Gasteiger partial charge in [0, 0.05) is 16.4 Å². The first-order valence-electron chi connectivity index (χ1n) is 5.38. The molecule has 1 aliphatic rings. The van der Waals surface area contributed by atoms with Crippen LogP contribution in [0, 0.1) is 0 Å². The van der Waals surface area contributed by atoms with Gasteiger partial charge in [0.15, 0.2) is 0 Å². The van der Waals surface area contributed by atoms with Gasteiger partial charge in [-0.15, -0.1) is 0 Å². The summed E-state index contributed by atoms with van der Waals surface area (Å²) in [5.41, 5.74) is 3.78. The predicted molar refractivity (Wildman–Crippen MR) is 78.7 cm³/mol. The summed E-state index contributed by atoms with van der Waals surface area (Å²) in [5.74, 6) is 0. The molecule has 0 aromatic heterocycles. The van der Waals surface area contributed by atoms with Crippen molar-refractivity contribution in [1.29, 1.82) is 0 Å². The van der Waals surface area contributed by atoms with Gasteiger partial charge < -0.3 is 0 Å². The van der Waals surface area contributed by atoms with Crippen LogP contribution < -0.4 is 3.71 Å². The lowest BCUT2D eigenvalue weighted by molar-refractivity contribution is 1.57. The SMILES string of the molecule is C1=CSN(c2ccccc2-c2ccccc2)S1. The number of nitrogens with zero attached hydrogens (tertiary/aromatic N) is 1. The van der Waals surface area contributed by atoms with E-state index in [2.05, 4.69) is 63.1 Å². The quantitative estimate of drug-likeness (QED) is 0.701. The molecule has 0 amide bonds. The van der Waals surface area contributed by atoms with Crippen LogP contribution in [0.5, 0.6) is 0 Å². The fourth-order valence-corrected chi connectivity index (χ4v) is 3.45. The van der Waals surface area contributed by atoms with E-state index < -0.39 is 0 Å². The zero-order chi connectivity index (χ0) is 11.5. The van der Waals surface area contributed by atoms with Crippen LogP contribution in [0.15, 0.2) is 65.4 Å². The van der Waals surface area contributed by atoms with E-state index in [9.17, 15) is 0 Å². The van der Waals surface area contributed by atoms with Gasteiger partial charge in [-0.1, -0.05) is 48.5 Å². The van der Waals surface area contributed by atoms with E-state index >= 15 is 0 Å². The summed E-state index contributed by atoms with van der Waals surface area (Å²) in [6, 6.07) is 19.0. The molecule has 0 atom stereocenters. The number of para-hydroxylation sites is 1. The first-order chi connectivity index (χ1) is 8.45. The lowest BCUT2D eigenvalue weighted by Gasteiger charge is -2.18. The van der Waals surface area contributed by atoms with E-state index in [-0.39, 0.29) is 0 Å². The second-order valence-corrected chi connectivity index (χ2v) is 5.55. The molecule has 0 saturated heterocycles. The van der Waals surface area contributed by atoms with Gasteiger partial charge in [-0.25, -0.2) is 3.71 Å². The molecule has 3 heteroatoms. The molecule has 1 aliphatic heterocycles. The molecule has 0 N–H and O–H groups in total. The van der Waals surface area contributed by atoms with E-state index in [1.165, 1.54) is 16.8 Å². The summed E-state index contributed by atoms with van der Waals surface area (Å²) in [4.78, 5) is 0. The van der Waals surface area contributed by atoms with E-state index in [1.807, 2.05) is 6.07 Å². The molecule has 1 heterocycles. The van der Waals surface area contributed by atoms with Crippen molar-refractivity contribution in [2.75, 3.05) is 3.71 Å². The van der Waals surface area contributed by atoms with Gasteiger partial charge in [-0.05, 0) is 35.5 Å². The Bertz CT molecular complexity index is 529. The molecule has 1 nitrogen and oxygen atoms in total. The maximum Gasteiger partial charge on any atom is 0.0679 e. The Morgan fingerprint density at radius 1 is 0.706 bits per heavy atom. The van der Waals surface area contributed by atoms with Gasteiger partial charge in [-0.3, -0.25) is 0 Å². The molecule has 2 aromatic rings. The van der Waals surface area contributed by atoms with Crippen LogP contribution in [0.3, 0.4) is 0 Å². The maximum atomic E-state index is 2.22. The third kappa shape index (κ3) is 2.21. The second kappa shape index (κ2) is 4.90. The van der Waals surface area contributed by atoms with E-state index in [4.69, 9.17) is 0 Å². The number of rotatable bonds is 2. The highest BCUT2D eigenvalue weighted by molar-refractivity contribution is 8.23. The Labute approximate surface area is 110 Å². The molecule has 84 valence electrons. The van der Waals surface area contributed by atoms with Crippen molar-refractivity contribution in [3.05, 3.63) is 65.4 Å². The zero-order valence-corrected chi connectivity index (χ0v) is 10.7. The molecule has 0 spiro atoms. The summed E-state index contributed by atoms with van der Waals surface area (Å²) >= 11 is 3.44. The minimum atomic E-state index is 1.25. The van der Waals surface area contributed by atoms with E-state index in [1.54, 1.807) is 23.9 Å². The van der Waals surface area contributed by atoms with Gasteiger partial charge in [0.1, 0.15) is 0 Å². The van der Waals surface area contributed by atoms with Crippen LogP contribution in [0.2, 0.25) is 0 Å². The maximum absolute atomic E-state index is 2.22. The average molecular weight is 257 g/mol. The Kier molecular flexibility index (Phi) is 3.12. The Morgan fingerprint density at radius 2 is 1.35 bits per heavy atom. The normalized spacial score (nSPS) is 14.2. The van der Waals surface area contributed by atoms with Crippen molar-refractivity contribution in [1.82, 2.24) is 0 Å². The predicted octanol–water partition coefficient (Wildman–Crippen LogP) is 4.94. The first-order valence-corrected chi connectivity index (χ1v) is 7.05. The summed E-state index contributed by atoms with van der Waals surface area (Å²) in [5, 5.41) is 4.21. The smallest absolute Gasteiger partial charge is 0.0679 e. The van der Waals surface area contributed by atoms with Crippen LogP contribution in [0.4, 0.5) is 5.69 Å². The molecule has 0 bridgehead atoms. The average Bonchev–Trinajstić information content (AvgIpc) is 2.94. The molecule has 0 unspecified atom stereocenters. The molecule has 17 heavy (non-hydrogen) atoms. The van der Waals surface area contributed by atoms with Crippen molar-refractivity contribution in [3.63, 3.8) is 0 Å². The third-order valence-corrected chi connectivity index (χ3v) is 4.53. The standard InChI is InChI=1S/C14H11NS2/c1-2-6-12(7-3-1)13-8-4-5-9-14(13)15-16-10-11-17-15/h1-11H. The fraction of sp³-hybridized carbons (Fsp3) is 0. The van der Waals surface area contributed by atoms with Gasteiger partial charge in [0.25, 0.3) is 0 Å². The summed E-state index contributed by atoms with van der Waals surface area (Å²) < 4.78 is 2.22. The fourth-order valence-electron chi connectivity index (χ4n) is 1.79. The van der Waals surface area contributed by atoms with Gasteiger partial charge >= 0.3 is 0 Å². The van der Waals surface area contributed by atoms with Crippen LogP contribution >= 0.6 is 23.9 Å². The number of anilines is 1. The van der Waals surface area contributed by atoms with Gasteiger partial charge in [0.2, 0.25) is 0 Å². The van der Waals surface area contributed by atoms with Crippen molar-refractivity contribution in [2.45, 2.75) is 0 Å². The Morgan fingerprint density at radius 3 is 2.12 bits per heavy atom. The number of benzene rings is 2. The van der Waals surface area contributed by atoms with Gasteiger partial charge in [0.05, 0.1) is 5.69 Å². The molecule has 0 aliphatic carbocycles. The monoisotopic (exact) mass is 257 g/mol. The van der Waals surface area contributed by atoms with E-state index in [0.717, 1.165) is 0 Å². The van der Waals surface area contributed by atoms with Crippen LogP contribution in [0.25, 0.3) is 11.1 Å². The number of hydrogen-bond donors (Lipinski definition) is 0. The molecule has 0 radical (unpaired) electrons. The Hall–Kier alpha value is -1.32. The topological polar surface area (TPSA) is 3.24 Å². The van der Waals surface area contributed by atoms with Gasteiger partial charge in [-0.2, -0.15) is 0 Å². The van der Waals surface area contributed by atoms with Crippen molar-refractivity contribution in [2.24, 2.45) is 0 Å². The van der Waals surface area contributed by atoms with Crippen LogP contribution in [-0.4, -0.2) is 0 Å². The zero-order valence-electron chi connectivity index (χ0n) is 9.11. The minimum Gasteiger partial charge on any atom is -0.250 e. The highest BCUT2D eigenvalue weighted by Gasteiger charge is 2.14. The van der Waals surface area contributed by atoms with Crippen LogP contribution in [-0.2, 0) is 0 Å². The Balaban J connectivity index is 2.05. The highest BCUT2D eigenvalue weighted by atomic mass is 32.2. The molecule has 3 rings (SSSR count). The van der Waals surface area contributed by atoms with Crippen molar-refractivity contribution < 1.29 is 0 Å². The number of hydrogen-bond acceptors (Lipinski definition) is 3. The van der Waals surface area contributed by atoms with Crippen LogP contribution in [0.1, 0.15) is 0 Å². The largest absolute Gasteiger partial charge is 0.250 e. The lowest BCUT2D eigenvalue weighted by Crippen LogP contribution is -1.99. The molecular weight excluding hydrogens is 246 g/mol. The molecule has 0 fully saturated rings. The molecule has 0 saturated carbocycles. The molecule has 2 aromatic carbocycles. The highest BCUT2D eigenvalue weighted by Crippen LogP contribution is 2.42. The minimum absolute atomic E-state index is 1.25.